The normalized spacial score (nSPS) is 11.9. The van der Waals surface area contributed by atoms with E-state index in [0.29, 0.717) is 0 Å². The van der Waals surface area contributed by atoms with E-state index in [4.69, 9.17) is 4.42 Å². The molecule has 0 aliphatic heterocycles. The quantitative estimate of drug-likeness (QED) is 0.201. The van der Waals surface area contributed by atoms with Gasteiger partial charge in [-0.15, -0.1) is 5.10 Å². The van der Waals surface area contributed by atoms with E-state index >= 15 is 0 Å². The summed E-state index contributed by atoms with van der Waals surface area (Å²) >= 11 is 3.70. The Morgan fingerprint density at radius 2 is 1.31 bits per heavy atom. The summed E-state index contributed by atoms with van der Waals surface area (Å²) in [6.07, 6.45) is 0. The van der Waals surface area contributed by atoms with Gasteiger partial charge in [-0.1, -0.05) is 69.7 Å². The topological polar surface area (TPSA) is 48.8 Å². The van der Waals surface area contributed by atoms with E-state index < -0.39 is 0 Å². The van der Waals surface area contributed by atoms with Crippen LogP contribution < -0.4 is 0 Å². The van der Waals surface area contributed by atoms with Gasteiger partial charge in [0.15, 0.2) is 0 Å². The van der Waals surface area contributed by atoms with E-state index in [2.05, 4.69) is 128 Å². The summed E-state index contributed by atoms with van der Waals surface area (Å²) in [7, 11) is 0. The molecule has 0 spiro atoms. The fourth-order valence-corrected chi connectivity index (χ4v) is 6.54. The van der Waals surface area contributed by atoms with Crippen LogP contribution in [0.15, 0.2) is 136 Å². The van der Waals surface area contributed by atoms with Crippen LogP contribution in [0.3, 0.4) is 0 Å². The van der Waals surface area contributed by atoms with Crippen molar-refractivity contribution in [2.75, 3.05) is 0 Å². The first kappa shape index (κ1) is 23.5. The van der Waals surface area contributed by atoms with Gasteiger partial charge >= 0.3 is 0 Å². The van der Waals surface area contributed by atoms with Crippen molar-refractivity contribution in [3.8, 4) is 22.5 Å². The van der Waals surface area contributed by atoms with Crippen molar-refractivity contribution < 1.29 is 4.42 Å². The van der Waals surface area contributed by atoms with E-state index in [9.17, 15) is 0 Å². The summed E-state index contributed by atoms with van der Waals surface area (Å²) in [5.74, 6) is 0. The summed E-state index contributed by atoms with van der Waals surface area (Å²) in [5, 5.41) is 13.4. The molecule has 0 aliphatic rings. The van der Waals surface area contributed by atoms with Crippen LogP contribution in [0, 0.1) is 0 Å². The van der Waals surface area contributed by atoms with Gasteiger partial charge < -0.3 is 8.98 Å². The van der Waals surface area contributed by atoms with Crippen molar-refractivity contribution in [3.05, 3.63) is 132 Å². The lowest BCUT2D eigenvalue weighted by atomic mass is 10.0. The van der Waals surface area contributed by atoms with E-state index in [-0.39, 0.29) is 0 Å². The first-order valence-corrected chi connectivity index (χ1v) is 14.6. The highest BCUT2D eigenvalue weighted by atomic mass is 79.9. The molecule has 0 N–H and O–H groups in total. The summed E-state index contributed by atoms with van der Waals surface area (Å²) in [4.78, 5) is 0. The molecule has 6 heteroatoms. The second-order valence-electron chi connectivity index (χ2n) is 10.5. The van der Waals surface area contributed by atoms with Crippen LogP contribution in [0.4, 0.5) is 0 Å². The van der Waals surface area contributed by atoms with E-state index in [1.54, 1.807) is 0 Å². The fourth-order valence-electron chi connectivity index (χ4n) is 6.18. The molecule has 9 aromatic rings. The maximum absolute atomic E-state index is 6.07. The first-order chi connectivity index (χ1) is 20.7. The number of nitrogens with zero attached hydrogens (tertiary/aromatic N) is 4. The smallest absolute Gasteiger partial charge is 0.135 e. The molecular weight excluding hydrogens is 584 g/mol. The van der Waals surface area contributed by atoms with Crippen LogP contribution in [-0.4, -0.2) is 19.6 Å². The minimum Gasteiger partial charge on any atom is -0.456 e. The molecule has 0 saturated carbocycles. The van der Waals surface area contributed by atoms with Gasteiger partial charge in [-0.25, -0.2) is 4.68 Å². The van der Waals surface area contributed by atoms with Crippen LogP contribution in [0.2, 0.25) is 0 Å². The minimum atomic E-state index is 0.876. The van der Waals surface area contributed by atoms with Gasteiger partial charge in [-0.3, -0.25) is 0 Å². The Balaban J connectivity index is 1.24. The van der Waals surface area contributed by atoms with E-state index in [1.165, 1.54) is 5.39 Å². The van der Waals surface area contributed by atoms with Crippen LogP contribution in [0.25, 0.3) is 77.3 Å². The predicted molar refractivity (Wildman–Crippen MR) is 174 cm³/mol. The van der Waals surface area contributed by atoms with Crippen LogP contribution in [0.1, 0.15) is 0 Å². The lowest BCUT2D eigenvalue weighted by Crippen LogP contribution is -1.97. The minimum absolute atomic E-state index is 0.876. The molecule has 42 heavy (non-hydrogen) atoms. The second-order valence-corrected chi connectivity index (χ2v) is 11.5. The van der Waals surface area contributed by atoms with Gasteiger partial charge in [0.05, 0.1) is 22.2 Å². The molecule has 0 aliphatic carbocycles. The summed E-state index contributed by atoms with van der Waals surface area (Å²) in [6, 6.07) is 44.4. The first-order valence-electron chi connectivity index (χ1n) is 13.8. The lowest BCUT2D eigenvalue weighted by Gasteiger charge is -2.11. The number of hydrogen-bond acceptors (Lipinski definition) is 3. The van der Waals surface area contributed by atoms with Crippen LogP contribution >= 0.6 is 15.9 Å². The molecule has 3 aromatic heterocycles. The highest BCUT2D eigenvalue weighted by Gasteiger charge is 2.16. The molecule has 0 unspecified atom stereocenters. The summed E-state index contributed by atoms with van der Waals surface area (Å²) in [5.41, 5.74) is 10.3. The average molecular weight is 605 g/mol. The third kappa shape index (κ3) is 3.49. The Morgan fingerprint density at radius 1 is 0.524 bits per heavy atom. The molecule has 6 aromatic carbocycles. The Hall–Kier alpha value is -5.20. The largest absolute Gasteiger partial charge is 0.456 e. The van der Waals surface area contributed by atoms with Gasteiger partial charge in [0.1, 0.15) is 16.7 Å². The molecule has 9 rings (SSSR count). The van der Waals surface area contributed by atoms with Gasteiger partial charge in [-0.2, -0.15) is 0 Å². The Bertz CT molecular complexity index is 2500. The summed E-state index contributed by atoms with van der Waals surface area (Å²) < 4.78 is 11.4. The fraction of sp³-hybridized carbons (Fsp3) is 0. The zero-order valence-electron chi connectivity index (χ0n) is 22.2. The zero-order chi connectivity index (χ0) is 27.8. The summed E-state index contributed by atoms with van der Waals surface area (Å²) in [6.45, 7) is 0. The van der Waals surface area contributed by atoms with Gasteiger partial charge in [-0.05, 0) is 90.0 Å². The Kier molecular flexibility index (Phi) is 4.98. The third-order valence-corrected chi connectivity index (χ3v) is 8.61. The molecule has 0 bridgehead atoms. The van der Waals surface area contributed by atoms with Gasteiger partial charge in [0.2, 0.25) is 0 Å². The number of halogens is 1. The maximum atomic E-state index is 6.07. The van der Waals surface area contributed by atoms with Crippen LogP contribution in [-0.2, 0) is 0 Å². The molecule has 3 heterocycles. The number of aromatic nitrogens is 4. The molecule has 0 amide bonds. The molecule has 198 valence electrons. The SMILES string of the molecule is Brc1ccc2c(c1)c1cc(-n3nnc4ccccc43)ccc1n2-c1cccc(-c2ccc3oc4ccccc4c3c2)c1. The number of fused-ring (bicyclic) bond motifs is 7. The van der Waals surface area contributed by atoms with Crippen molar-refractivity contribution in [2.45, 2.75) is 0 Å². The molecule has 0 saturated heterocycles. The Morgan fingerprint density at radius 3 is 2.26 bits per heavy atom. The van der Waals surface area contributed by atoms with Gasteiger partial charge in [0, 0.05) is 31.7 Å². The van der Waals surface area contributed by atoms with Crippen molar-refractivity contribution >= 4 is 70.7 Å². The second kappa shape index (κ2) is 8.90. The van der Waals surface area contributed by atoms with E-state index in [1.807, 2.05) is 35.0 Å². The third-order valence-electron chi connectivity index (χ3n) is 8.12. The number of furan rings is 1. The number of para-hydroxylation sites is 2. The standard InChI is InChI=1S/C36H21BrN4O/c37-24-13-15-32-28(20-24)29-21-26(41-34-10-3-2-9-31(34)38-39-41)14-16-33(29)40(32)25-7-5-6-22(18-25)23-12-17-36-30(19-23)27-8-1-4-11-35(27)42-36/h1-21H. The lowest BCUT2D eigenvalue weighted by molar-refractivity contribution is 0.669. The van der Waals surface area contributed by atoms with Crippen molar-refractivity contribution in [1.82, 2.24) is 19.6 Å². The predicted octanol–water partition coefficient (Wildman–Crippen LogP) is 9.85. The molecule has 0 fully saturated rings. The van der Waals surface area contributed by atoms with E-state index in [0.717, 1.165) is 76.4 Å². The average Bonchev–Trinajstić information content (AvgIpc) is 3.72. The number of rotatable bonds is 3. The molecule has 0 radical (unpaired) electrons. The molecular formula is C36H21BrN4O. The molecule has 0 atom stereocenters. The van der Waals surface area contributed by atoms with Crippen molar-refractivity contribution in [3.63, 3.8) is 0 Å². The highest BCUT2D eigenvalue weighted by molar-refractivity contribution is 9.10. The van der Waals surface area contributed by atoms with Crippen LogP contribution in [0.5, 0.6) is 0 Å². The highest BCUT2D eigenvalue weighted by Crippen LogP contribution is 2.37. The Labute approximate surface area is 248 Å². The van der Waals surface area contributed by atoms with Crippen molar-refractivity contribution in [1.29, 1.82) is 0 Å². The van der Waals surface area contributed by atoms with Gasteiger partial charge in [0.25, 0.3) is 0 Å². The van der Waals surface area contributed by atoms with Crippen molar-refractivity contribution in [2.24, 2.45) is 0 Å². The maximum Gasteiger partial charge on any atom is 0.135 e. The monoisotopic (exact) mass is 604 g/mol. The number of hydrogen-bond donors (Lipinski definition) is 0. The zero-order valence-corrected chi connectivity index (χ0v) is 23.8. The molecule has 5 nitrogen and oxygen atoms in total. The number of benzene rings is 6.